The molecule has 0 bridgehead atoms. The highest BCUT2D eigenvalue weighted by atomic mass is 16.7. The van der Waals surface area contributed by atoms with Gasteiger partial charge in [0.25, 0.3) is 0 Å². The summed E-state index contributed by atoms with van der Waals surface area (Å²) in [6.45, 7) is 5.97. The Morgan fingerprint density at radius 3 is 2.06 bits per heavy atom. The zero-order chi connectivity index (χ0) is 14.0. The molecule has 5 heteroatoms. The number of nitrogens with zero attached hydrogens (tertiary/aromatic N) is 2. The maximum absolute atomic E-state index is 5.90. The first-order valence-corrected chi connectivity index (χ1v) is 6.73. The second-order valence-corrected chi connectivity index (χ2v) is 4.87. The van der Waals surface area contributed by atoms with Gasteiger partial charge in [-0.15, -0.1) is 0 Å². The van der Waals surface area contributed by atoms with E-state index in [9.17, 15) is 0 Å². The van der Waals surface area contributed by atoms with Crippen molar-refractivity contribution in [3.05, 3.63) is 0 Å². The fraction of sp³-hybridized carbons (Fsp3) is 1.00. The van der Waals surface area contributed by atoms with Crippen LogP contribution >= 0.6 is 0 Å². The predicted octanol–water partition coefficient (Wildman–Crippen LogP) is 0.596. The summed E-state index contributed by atoms with van der Waals surface area (Å²) in [5, 5.41) is 0. The molecule has 2 N–H and O–H groups in total. The van der Waals surface area contributed by atoms with Crippen molar-refractivity contribution < 1.29 is 9.47 Å². The molecule has 0 aromatic heterocycles. The third-order valence-electron chi connectivity index (χ3n) is 3.12. The Kier molecular flexibility index (Phi) is 10.6. The Balaban J connectivity index is 4.39. The number of methoxy groups -OCH3 is 2. The Labute approximate surface area is 112 Å². The van der Waals surface area contributed by atoms with Crippen LogP contribution in [0.5, 0.6) is 0 Å². The van der Waals surface area contributed by atoms with Crippen LogP contribution in [-0.4, -0.2) is 76.6 Å². The van der Waals surface area contributed by atoms with Gasteiger partial charge in [-0.25, -0.2) is 0 Å². The average Bonchev–Trinajstić information content (AvgIpc) is 2.36. The maximum atomic E-state index is 5.90. The van der Waals surface area contributed by atoms with Gasteiger partial charge < -0.3 is 20.1 Å². The zero-order valence-electron chi connectivity index (χ0n) is 12.7. The van der Waals surface area contributed by atoms with Crippen molar-refractivity contribution in [1.29, 1.82) is 0 Å². The van der Waals surface area contributed by atoms with E-state index in [1.807, 2.05) is 0 Å². The fourth-order valence-electron chi connectivity index (χ4n) is 2.00. The predicted molar refractivity (Wildman–Crippen MR) is 75.7 cm³/mol. The summed E-state index contributed by atoms with van der Waals surface area (Å²) in [5.74, 6) is 0. The Morgan fingerprint density at radius 2 is 1.67 bits per heavy atom. The molecule has 110 valence electrons. The summed E-state index contributed by atoms with van der Waals surface area (Å²) in [6, 6.07) is 0.315. The smallest absolute Gasteiger partial charge is 0.158 e. The molecule has 0 fully saturated rings. The number of ether oxygens (including phenoxy) is 2. The number of rotatable bonds is 11. The number of hydrogen-bond acceptors (Lipinski definition) is 5. The molecule has 0 aliphatic heterocycles. The zero-order valence-corrected chi connectivity index (χ0v) is 12.7. The lowest BCUT2D eigenvalue weighted by Crippen LogP contribution is -2.46. The van der Waals surface area contributed by atoms with Crippen molar-refractivity contribution in [2.75, 3.05) is 54.5 Å². The Morgan fingerprint density at radius 1 is 1.06 bits per heavy atom. The monoisotopic (exact) mass is 261 g/mol. The van der Waals surface area contributed by atoms with Gasteiger partial charge in [-0.1, -0.05) is 6.92 Å². The quantitative estimate of drug-likeness (QED) is 0.552. The third-order valence-corrected chi connectivity index (χ3v) is 3.12. The van der Waals surface area contributed by atoms with E-state index in [4.69, 9.17) is 15.2 Å². The minimum Gasteiger partial charge on any atom is -0.356 e. The molecule has 1 unspecified atom stereocenters. The molecule has 0 aromatic carbocycles. The van der Waals surface area contributed by atoms with E-state index in [-0.39, 0.29) is 6.29 Å². The van der Waals surface area contributed by atoms with Gasteiger partial charge in [0, 0.05) is 46.3 Å². The van der Waals surface area contributed by atoms with E-state index in [1.54, 1.807) is 14.2 Å². The van der Waals surface area contributed by atoms with Crippen LogP contribution in [0.25, 0.3) is 0 Å². The first-order chi connectivity index (χ1) is 8.58. The topological polar surface area (TPSA) is 51.0 Å². The van der Waals surface area contributed by atoms with Gasteiger partial charge in [0.05, 0.1) is 0 Å². The summed E-state index contributed by atoms with van der Waals surface area (Å²) < 4.78 is 10.5. The average molecular weight is 261 g/mol. The number of hydrogen-bond donors (Lipinski definition) is 1. The molecule has 0 saturated carbocycles. The minimum atomic E-state index is -0.169. The van der Waals surface area contributed by atoms with Crippen molar-refractivity contribution in [1.82, 2.24) is 9.80 Å². The van der Waals surface area contributed by atoms with Crippen LogP contribution in [0.1, 0.15) is 19.8 Å². The van der Waals surface area contributed by atoms with E-state index in [0.29, 0.717) is 12.6 Å². The molecule has 0 radical (unpaired) electrons. The van der Waals surface area contributed by atoms with E-state index in [0.717, 1.165) is 32.5 Å². The summed E-state index contributed by atoms with van der Waals surface area (Å²) >= 11 is 0. The van der Waals surface area contributed by atoms with E-state index in [1.165, 1.54) is 0 Å². The largest absolute Gasteiger partial charge is 0.356 e. The molecule has 5 nitrogen and oxygen atoms in total. The molecule has 1 atom stereocenters. The molecule has 0 aromatic rings. The van der Waals surface area contributed by atoms with Gasteiger partial charge >= 0.3 is 0 Å². The maximum Gasteiger partial charge on any atom is 0.158 e. The normalized spacial score (nSPS) is 13.8. The number of likely N-dealkylation sites (N-methyl/N-ethyl adjacent to an activating group) is 1. The van der Waals surface area contributed by atoms with Crippen LogP contribution in [0.15, 0.2) is 0 Å². The molecule has 18 heavy (non-hydrogen) atoms. The first kappa shape index (κ1) is 17.8. The van der Waals surface area contributed by atoms with Gasteiger partial charge in [-0.05, 0) is 27.1 Å². The SMILES string of the molecule is CCCN(CCN(C)C)C(CN)CC(OC)OC. The lowest BCUT2D eigenvalue weighted by molar-refractivity contribution is -0.116. The molecule has 0 amide bonds. The van der Waals surface area contributed by atoms with Gasteiger partial charge in [-0.3, -0.25) is 4.90 Å². The summed E-state index contributed by atoms with van der Waals surface area (Å²) in [7, 11) is 7.53. The van der Waals surface area contributed by atoms with Gasteiger partial charge in [0.2, 0.25) is 0 Å². The van der Waals surface area contributed by atoms with E-state index >= 15 is 0 Å². The van der Waals surface area contributed by atoms with Crippen molar-refractivity contribution in [3.63, 3.8) is 0 Å². The highest BCUT2D eigenvalue weighted by molar-refractivity contribution is 4.74. The van der Waals surface area contributed by atoms with Gasteiger partial charge in [-0.2, -0.15) is 0 Å². The van der Waals surface area contributed by atoms with Crippen LogP contribution in [-0.2, 0) is 9.47 Å². The van der Waals surface area contributed by atoms with E-state index in [2.05, 4.69) is 30.8 Å². The van der Waals surface area contributed by atoms with Crippen LogP contribution in [0.4, 0.5) is 0 Å². The highest BCUT2D eigenvalue weighted by Crippen LogP contribution is 2.10. The lowest BCUT2D eigenvalue weighted by atomic mass is 10.1. The van der Waals surface area contributed by atoms with Crippen molar-refractivity contribution in [2.24, 2.45) is 5.73 Å². The van der Waals surface area contributed by atoms with Crippen LogP contribution < -0.4 is 5.73 Å². The standard InChI is InChI=1S/C13H31N3O2/c1-6-7-16(9-8-15(2)3)12(11-14)10-13(17-4)18-5/h12-13H,6-11,14H2,1-5H3. The molecule has 0 spiro atoms. The summed E-state index contributed by atoms with van der Waals surface area (Å²) in [4.78, 5) is 4.63. The Hall–Kier alpha value is -0.200. The molecule has 0 rings (SSSR count). The molecular formula is C13H31N3O2. The highest BCUT2D eigenvalue weighted by Gasteiger charge is 2.20. The van der Waals surface area contributed by atoms with Crippen molar-refractivity contribution in [2.45, 2.75) is 32.1 Å². The molecule has 0 aliphatic carbocycles. The second kappa shape index (κ2) is 10.7. The van der Waals surface area contributed by atoms with E-state index < -0.39 is 0 Å². The van der Waals surface area contributed by atoms with Gasteiger partial charge in [0.15, 0.2) is 6.29 Å². The molecule has 0 heterocycles. The molecule has 0 aliphatic rings. The molecular weight excluding hydrogens is 230 g/mol. The van der Waals surface area contributed by atoms with Crippen molar-refractivity contribution >= 4 is 0 Å². The first-order valence-electron chi connectivity index (χ1n) is 6.73. The summed E-state index contributed by atoms with van der Waals surface area (Å²) in [5.41, 5.74) is 5.90. The van der Waals surface area contributed by atoms with Gasteiger partial charge in [0.1, 0.15) is 0 Å². The van der Waals surface area contributed by atoms with Crippen LogP contribution in [0.3, 0.4) is 0 Å². The van der Waals surface area contributed by atoms with Crippen molar-refractivity contribution in [3.8, 4) is 0 Å². The second-order valence-electron chi connectivity index (χ2n) is 4.87. The summed E-state index contributed by atoms with van der Waals surface area (Å²) in [6.07, 6.45) is 1.78. The lowest BCUT2D eigenvalue weighted by Gasteiger charge is -2.33. The molecule has 0 saturated heterocycles. The van der Waals surface area contributed by atoms with Crippen LogP contribution in [0.2, 0.25) is 0 Å². The Bertz CT molecular complexity index is 187. The van der Waals surface area contributed by atoms with Crippen LogP contribution in [0, 0.1) is 0 Å². The third kappa shape index (κ3) is 7.28. The fourth-order valence-corrected chi connectivity index (χ4v) is 2.00. The number of nitrogens with two attached hydrogens (primary N) is 1. The minimum absolute atomic E-state index is 0.169.